The molecule has 0 saturated carbocycles. The standard InChI is InChI=1S/C13H20O3/c1-3-7-13(2,16)8-6-10-4-5-11(14)12(15)9-10/h4-5,9,14-16H,3,6-8H2,1-2H3. The molecule has 0 radical (unpaired) electrons. The molecule has 0 aliphatic rings. The van der Waals surface area contributed by atoms with E-state index < -0.39 is 5.60 Å². The molecule has 1 atom stereocenters. The van der Waals surface area contributed by atoms with Crippen molar-refractivity contribution in [2.24, 2.45) is 0 Å². The molecule has 3 N–H and O–H groups in total. The summed E-state index contributed by atoms with van der Waals surface area (Å²) in [4.78, 5) is 0. The number of aliphatic hydroxyl groups is 1. The summed E-state index contributed by atoms with van der Waals surface area (Å²) in [6.07, 6.45) is 3.08. The molecule has 1 aromatic rings. The normalized spacial score (nSPS) is 14.7. The predicted octanol–water partition coefficient (Wildman–Crippen LogP) is 2.58. The van der Waals surface area contributed by atoms with Gasteiger partial charge in [-0.2, -0.15) is 0 Å². The third kappa shape index (κ3) is 3.74. The molecule has 0 spiro atoms. The first kappa shape index (κ1) is 12.8. The summed E-state index contributed by atoms with van der Waals surface area (Å²) in [6, 6.07) is 4.77. The molecule has 0 aromatic heterocycles. The number of phenolic OH excluding ortho intramolecular Hbond substituents is 2. The van der Waals surface area contributed by atoms with Crippen molar-refractivity contribution in [2.75, 3.05) is 0 Å². The maximum atomic E-state index is 9.99. The molecule has 0 saturated heterocycles. The average Bonchev–Trinajstić information content (AvgIpc) is 2.20. The highest BCUT2D eigenvalue weighted by Gasteiger charge is 2.18. The van der Waals surface area contributed by atoms with Crippen molar-refractivity contribution < 1.29 is 15.3 Å². The Hall–Kier alpha value is -1.22. The van der Waals surface area contributed by atoms with Gasteiger partial charge in [0.05, 0.1) is 5.60 Å². The molecule has 16 heavy (non-hydrogen) atoms. The number of hydrogen-bond acceptors (Lipinski definition) is 3. The first-order valence-electron chi connectivity index (χ1n) is 5.68. The Morgan fingerprint density at radius 1 is 1.12 bits per heavy atom. The third-order valence-corrected chi connectivity index (χ3v) is 2.78. The van der Waals surface area contributed by atoms with E-state index in [0.717, 1.165) is 18.4 Å². The first-order chi connectivity index (χ1) is 7.44. The first-order valence-corrected chi connectivity index (χ1v) is 5.68. The summed E-state index contributed by atoms with van der Waals surface area (Å²) in [5.41, 5.74) is 0.272. The van der Waals surface area contributed by atoms with E-state index in [1.807, 2.05) is 13.8 Å². The fourth-order valence-corrected chi connectivity index (χ4v) is 1.80. The van der Waals surface area contributed by atoms with Gasteiger partial charge in [-0.25, -0.2) is 0 Å². The van der Waals surface area contributed by atoms with Gasteiger partial charge in [0.2, 0.25) is 0 Å². The zero-order valence-electron chi connectivity index (χ0n) is 9.90. The monoisotopic (exact) mass is 224 g/mol. The summed E-state index contributed by atoms with van der Waals surface area (Å²) < 4.78 is 0. The van der Waals surface area contributed by atoms with Crippen molar-refractivity contribution >= 4 is 0 Å². The second kappa shape index (κ2) is 5.21. The lowest BCUT2D eigenvalue weighted by molar-refractivity contribution is 0.0416. The average molecular weight is 224 g/mol. The van der Waals surface area contributed by atoms with Crippen molar-refractivity contribution in [3.05, 3.63) is 23.8 Å². The van der Waals surface area contributed by atoms with E-state index in [9.17, 15) is 10.2 Å². The minimum absolute atomic E-state index is 0.104. The van der Waals surface area contributed by atoms with Gasteiger partial charge in [-0.15, -0.1) is 0 Å². The van der Waals surface area contributed by atoms with Crippen LogP contribution in [0.5, 0.6) is 11.5 Å². The van der Waals surface area contributed by atoms with Crippen LogP contribution >= 0.6 is 0 Å². The Kier molecular flexibility index (Phi) is 4.19. The summed E-state index contributed by atoms with van der Waals surface area (Å²) in [6.45, 7) is 3.87. The molecule has 0 bridgehead atoms. The van der Waals surface area contributed by atoms with Gasteiger partial charge in [-0.1, -0.05) is 19.4 Å². The molecule has 0 aliphatic carbocycles. The lowest BCUT2D eigenvalue weighted by atomic mass is 9.92. The van der Waals surface area contributed by atoms with Gasteiger partial charge in [0, 0.05) is 0 Å². The number of rotatable bonds is 5. The molecule has 1 aromatic carbocycles. The number of aromatic hydroxyl groups is 2. The number of hydrogen-bond donors (Lipinski definition) is 3. The number of benzene rings is 1. The van der Waals surface area contributed by atoms with Gasteiger partial charge < -0.3 is 15.3 Å². The largest absolute Gasteiger partial charge is 0.504 e. The van der Waals surface area contributed by atoms with Crippen molar-refractivity contribution in [3.8, 4) is 11.5 Å². The Morgan fingerprint density at radius 2 is 1.81 bits per heavy atom. The van der Waals surface area contributed by atoms with Crippen molar-refractivity contribution in [3.63, 3.8) is 0 Å². The number of phenols is 2. The van der Waals surface area contributed by atoms with Crippen LogP contribution in [0.1, 0.15) is 38.7 Å². The molecule has 90 valence electrons. The minimum atomic E-state index is -0.651. The Labute approximate surface area is 96.4 Å². The van der Waals surface area contributed by atoms with Crippen LogP contribution in [0, 0.1) is 0 Å². The molecular weight excluding hydrogens is 204 g/mol. The smallest absolute Gasteiger partial charge is 0.157 e. The van der Waals surface area contributed by atoms with Gasteiger partial charge in [-0.3, -0.25) is 0 Å². The third-order valence-electron chi connectivity index (χ3n) is 2.78. The predicted molar refractivity (Wildman–Crippen MR) is 63.6 cm³/mol. The molecule has 3 nitrogen and oxygen atoms in total. The SMILES string of the molecule is CCCC(C)(O)CCc1ccc(O)c(O)c1. The Balaban J connectivity index is 2.57. The van der Waals surface area contributed by atoms with Gasteiger partial charge in [0.15, 0.2) is 11.5 Å². The molecule has 0 fully saturated rings. The van der Waals surface area contributed by atoms with Gasteiger partial charge in [0.25, 0.3) is 0 Å². The Morgan fingerprint density at radius 3 is 2.38 bits per heavy atom. The summed E-state index contributed by atoms with van der Waals surface area (Å²) in [5.74, 6) is -0.211. The summed E-state index contributed by atoms with van der Waals surface area (Å²) >= 11 is 0. The van der Waals surface area contributed by atoms with Crippen molar-refractivity contribution in [1.82, 2.24) is 0 Å². The molecule has 1 unspecified atom stereocenters. The Bertz CT molecular complexity index is 345. The van der Waals surface area contributed by atoms with Crippen LogP contribution in [-0.2, 0) is 6.42 Å². The highest BCUT2D eigenvalue weighted by Crippen LogP contribution is 2.27. The van der Waals surface area contributed by atoms with E-state index in [-0.39, 0.29) is 11.5 Å². The van der Waals surface area contributed by atoms with Gasteiger partial charge in [0.1, 0.15) is 0 Å². The zero-order valence-corrected chi connectivity index (χ0v) is 9.90. The fraction of sp³-hybridized carbons (Fsp3) is 0.538. The maximum absolute atomic E-state index is 9.99. The molecule has 0 heterocycles. The van der Waals surface area contributed by atoms with Crippen LogP contribution in [0.15, 0.2) is 18.2 Å². The second-order valence-electron chi connectivity index (χ2n) is 4.57. The summed E-state index contributed by atoms with van der Waals surface area (Å²) in [5, 5.41) is 28.5. The molecule has 1 rings (SSSR count). The van der Waals surface area contributed by atoms with Gasteiger partial charge in [-0.05, 0) is 43.9 Å². The topological polar surface area (TPSA) is 60.7 Å². The lowest BCUT2D eigenvalue weighted by Gasteiger charge is -2.22. The fourth-order valence-electron chi connectivity index (χ4n) is 1.80. The van der Waals surface area contributed by atoms with E-state index in [2.05, 4.69) is 0 Å². The van der Waals surface area contributed by atoms with E-state index >= 15 is 0 Å². The van der Waals surface area contributed by atoms with Crippen LogP contribution in [0.25, 0.3) is 0 Å². The van der Waals surface area contributed by atoms with E-state index in [1.165, 1.54) is 12.1 Å². The minimum Gasteiger partial charge on any atom is -0.504 e. The highest BCUT2D eigenvalue weighted by atomic mass is 16.3. The highest BCUT2D eigenvalue weighted by molar-refractivity contribution is 5.40. The van der Waals surface area contributed by atoms with Crippen LogP contribution in [-0.4, -0.2) is 20.9 Å². The van der Waals surface area contributed by atoms with Crippen LogP contribution in [0.4, 0.5) is 0 Å². The van der Waals surface area contributed by atoms with E-state index in [0.29, 0.717) is 12.8 Å². The summed E-state index contributed by atoms with van der Waals surface area (Å²) in [7, 11) is 0. The second-order valence-corrected chi connectivity index (χ2v) is 4.57. The number of aryl methyl sites for hydroxylation is 1. The van der Waals surface area contributed by atoms with Crippen LogP contribution in [0.2, 0.25) is 0 Å². The van der Waals surface area contributed by atoms with E-state index in [4.69, 9.17) is 5.11 Å². The van der Waals surface area contributed by atoms with Gasteiger partial charge >= 0.3 is 0 Å². The molecule has 0 amide bonds. The maximum Gasteiger partial charge on any atom is 0.157 e. The molecular formula is C13H20O3. The quantitative estimate of drug-likeness (QED) is 0.674. The zero-order chi connectivity index (χ0) is 12.2. The van der Waals surface area contributed by atoms with E-state index in [1.54, 1.807) is 6.07 Å². The van der Waals surface area contributed by atoms with Crippen LogP contribution in [0.3, 0.4) is 0 Å². The van der Waals surface area contributed by atoms with Crippen LogP contribution < -0.4 is 0 Å². The molecule has 3 heteroatoms. The van der Waals surface area contributed by atoms with Crippen molar-refractivity contribution in [1.29, 1.82) is 0 Å². The lowest BCUT2D eigenvalue weighted by Crippen LogP contribution is -2.24. The van der Waals surface area contributed by atoms with Crippen molar-refractivity contribution in [2.45, 2.75) is 45.1 Å². The molecule has 0 aliphatic heterocycles.